The predicted octanol–water partition coefficient (Wildman–Crippen LogP) is 2.64. The summed E-state index contributed by atoms with van der Waals surface area (Å²) in [6.07, 6.45) is 6.35. The minimum atomic E-state index is -0.119. The molecule has 2 aliphatic rings. The Morgan fingerprint density at radius 1 is 1.08 bits per heavy atom. The lowest BCUT2D eigenvalue weighted by molar-refractivity contribution is 0.120. The smallest absolute Gasteiger partial charge is 0.191 e. The third kappa shape index (κ3) is 5.99. The van der Waals surface area contributed by atoms with Gasteiger partial charge in [-0.25, -0.2) is 4.99 Å². The van der Waals surface area contributed by atoms with Crippen LogP contribution in [0.2, 0.25) is 0 Å². The summed E-state index contributed by atoms with van der Waals surface area (Å²) in [5.41, 5.74) is 2.64. The van der Waals surface area contributed by atoms with Crippen molar-refractivity contribution in [2.75, 3.05) is 19.6 Å². The Kier molecular flexibility index (Phi) is 7.32. The van der Waals surface area contributed by atoms with E-state index in [-0.39, 0.29) is 6.10 Å². The minimum absolute atomic E-state index is 0.119. The summed E-state index contributed by atoms with van der Waals surface area (Å²) in [6.45, 7) is 7.19. The van der Waals surface area contributed by atoms with E-state index in [1.807, 2.05) is 0 Å². The Hall–Kier alpha value is -1.59. The van der Waals surface area contributed by atoms with E-state index < -0.39 is 0 Å². The van der Waals surface area contributed by atoms with Crippen LogP contribution in [0, 0.1) is 0 Å². The molecule has 26 heavy (non-hydrogen) atoms. The molecule has 1 aromatic carbocycles. The largest absolute Gasteiger partial charge is 0.393 e. The van der Waals surface area contributed by atoms with Gasteiger partial charge < -0.3 is 15.7 Å². The molecule has 1 aliphatic carbocycles. The highest BCUT2D eigenvalue weighted by Gasteiger charge is 2.19. The monoisotopic (exact) mass is 358 g/mol. The second-order valence-corrected chi connectivity index (χ2v) is 7.64. The molecule has 1 saturated heterocycles. The molecule has 144 valence electrons. The summed E-state index contributed by atoms with van der Waals surface area (Å²) in [4.78, 5) is 7.28. The van der Waals surface area contributed by atoms with E-state index in [1.165, 1.54) is 37.1 Å². The fourth-order valence-electron chi connectivity index (χ4n) is 3.85. The van der Waals surface area contributed by atoms with Gasteiger partial charge >= 0.3 is 0 Å². The van der Waals surface area contributed by atoms with Gasteiger partial charge in [-0.2, -0.15) is 0 Å². The molecule has 0 unspecified atom stereocenters. The van der Waals surface area contributed by atoms with Crippen molar-refractivity contribution in [3.63, 3.8) is 0 Å². The second-order valence-electron chi connectivity index (χ2n) is 7.64. The van der Waals surface area contributed by atoms with Crippen LogP contribution in [0.3, 0.4) is 0 Å². The first-order valence-electron chi connectivity index (χ1n) is 10.3. The van der Waals surface area contributed by atoms with Crippen LogP contribution in [-0.4, -0.2) is 47.7 Å². The van der Waals surface area contributed by atoms with Crippen LogP contribution < -0.4 is 10.6 Å². The zero-order valence-corrected chi connectivity index (χ0v) is 16.1. The molecule has 0 atom stereocenters. The maximum absolute atomic E-state index is 9.65. The number of nitrogens with one attached hydrogen (secondary N) is 2. The molecular formula is C21H34N4O. The lowest BCUT2D eigenvalue weighted by Gasteiger charge is -2.27. The van der Waals surface area contributed by atoms with E-state index in [0.29, 0.717) is 12.6 Å². The number of nitrogens with zero attached hydrogens (tertiary/aromatic N) is 2. The second kappa shape index (κ2) is 9.93. The summed E-state index contributed by atoms with van der Waals surface area (Å²) < 4.78 is 0. The first kappa shape index (κ1) is 19.2. The Morgan fingerprint density at radius 3 is 2.38 bits per heavy atom. The van der Waals surface area contributed by atoms with Gasteiger partial charge in [-0.3, -0.25) is 4.90 Å². The number of aliphatic hydroxyl groups excluding tert-OH is 1. The van der Waals surface area contributed by atoms with E-state index >= 15 is 0 Å². The topological polar surface area (TPSA) is 59.9 Å². The Balaban J connectivity index is 1.51. The molecule has 0 bridgehead atoms. The molecule has 1 saturated carbocycles. The zero-order chi connectivity index (χ0) is 18.2. The van der Waals surface area contributed by atoms with Crippen molar-refractivity contribution in [2.24, 2.45) is 4.99 Å². The number of benzene rings is 1. The van der Waals surface area contributed by atoms with Gasteiger partial charge in [-0.05, 0) is 69.7 Å². The third-order valence-corrected chi connectivity index (χ3v) is 5.43. The highest BCUT2D eigenvalue weighted by atomic mass is 16.3. The fourth-order valence-corrected chi connectivity index (χ4v) is 3.85. The van der Waals surface area contributed by atoms with Crippen LogP contribution in [0.25, 0.3) is 0 Å². The number of aliphatic hydroxyl groups is 1. The molecule has 0 aromatic heterocycles. The third-order valence-electron chi connectivity index (χ3n) is 5.43. The van der Waals surface area contributed by atoms with Crippen molar-refractivity contribution < 1.29 is 5.11 Å². The molecule has 1 heterocycles. The Bertz CT molecular complexity index is 558. The lowest BCUT2D eigenvalue weighted by atomic mass is 9.93. The van der Waals surface area contributed by atoms with Crippen molar-refractivity contribution in [1.82, 2.24) is 15.5 Å². The van der Waals surface area contributed by atoms with Gasteiger partial charge in [0.15, 0.2) is 5.96 Å². The first-order chi connectivity index (χ1) is 12.7. The Labute approximate surface area is 157 Å². The van der Waals surface area contributed by atoms with Crippen LogP contribution in [0.5, 0.6) is 0 Å². The summed E-state index contributed by atoms with van der Waals surface area (Å²) in [6, 6.07) is 9.31. The van der Waals surface area contributed by atoms with Gasteiger partial charge in [0, 0.05) is 19.1 Å². The maximum Gasteiger partial charge on any atom is 0.191 e. The van der Waals surface area contributed by atoms with Crippen LogP contribution >= 0.6 is 0 Å². The summed E-state index contributed by atoms with van der Waals surface area (Å²) in [5, 5.41) is 16.5. The molecule has 5 nitrogen and oxygen atoms in total. The minimum Gasteiger partial charge on any atom is -0.393 e. The van der Waals surface area contributed by atoms with Crippen LogP contribution in [-0.2, 0) is 13.1 Å². The van der Waals surface area contributed by atoms with Crippen molar-refractivity contribution in [2.45, 2.75) is 70.7 Å². The van der Waals surface area contributed by atoms with E-state index in [4.69, 9.17) is 4.99 Å². The van der Waals surface area contributed by atoms with Gasteiger partial charge in [0.2, 0.25) is 0 Å². The zero-order valence-electron chi connectivity index (χ0n) is 16.1. The standard InChI is InChI=1S/C21H34N4O/c1-2-22-21(24-19-9-11-20(26)12-10-19)23-15-17-5-7-18(8-6-17)16-25-13-3-4-14-25/h5-8,19-20,26H,2-4,9-16H2,1H3,(H2,22,23,24). The molecule has 0 amide bonds. The quantitative estimate of drug-likeness (QED) is 0.540. The van der Waals surface area contributed by atoms with Crippen LogP contribution in [0.15, 0.2) is 29.3 Å². The highest BCUT2D eigenvalue weighted by molar-refractivity contribution is 5.80. The van der Waals surface area contributed by atoms with Crippen molar-refractivity contribution in [3.05, 3.63) is 35.4 Å². The molecular weight excluding hydrogens is 324 g/mol. The maximum atomic E-state index is 9.65. The van der Waals surface area contributed by atoms with E-state index in [0.717, 1.165) is 44.7 Å². The van der Waals surface area contributed by atoms with Gasteiger partial charge in [0.25, 0.3) is 0 Å². The normalized spacial score (nSPS) is 24.6. The van der Waals surface area contributed by atoms with Gasteiger partial charge in [-0.1, -0.05) is 24.3 Å². The summed E-state index contributed by atoms with van der Waals surface area (Å²) in [5.74, 6) is 0.884. The van der Waals surface area contributed by atoms with Gasteiger partial charge in [-0.15, -0.1) is 0 Å². The average Bonchev–Trinajstić information content (AvgIpc) is 3.16. The highest BCUT2D eigenvalue weighted by Crippen LogP contribution is 2.18. The average molecular weight is 359 g/mol. The van der Waals surface area contributed by atoms with Crippen molar-refractivity contribution in [1.29, 1.82) is 0 Å². The molecule has 1 aliphatic heterocycles. The summed E-state index contributed by atoms with van der Waals surface area (Å²) in [7, 11) is 0. The van der Waals surface area contributed by atoms with E-state index in [9.17, 15) is 5.11 Å². The predicted molar refractivity (Wildman–Crippen MR) is 107 cm³/mol. The molecule has 2 fully saturated rings. The molecule has 3 rings (SSSR count). The number of hydrogen-bond donors (Lipinski definition) is 3. The molecule has 0 spiro atoms. The molecule has 1 aromatic rings. The van der Waals surface area contributed by atoms with E-state index in [2.05, 4.69) is 46.7 Å². The molecule has 3 N–H and O–H groups in total. The summed E-state index contributed by atoms with van der Waals surface area (Å²) >= 11 is 0. The number of rotatable bonds is 6. The van der Waals surface area contributed by atoms with Gasteiger partial charge in [0.05, 0.1) is 12.6 Å². The Morgan fingerprint density at radius 2 is 1.73 bits per heavy atom. The van der Waals surface area contributed by atoms with Crippen molar-refractivity contribution >= 4 is 5.96 Å². The number of likely N-dealkylation sites (tertiary alicyclic amines) is 1. The first-order valence-corrected chi connectivity index (χ1v) is 10.3. The van der Waals surface area contributed by atoms with E-state index in [1.54, 1.807) is 0 Å². The molecule has 5 heteroatoms. The lowest BCUT2D eigenvalue weighted by Crippen LogP contribution is -2.45. The molecule has 0 radical (unpaired) electrons. The number of aliphatic imine (C=N–C) groups is 1. The fraction of sp³-hybridized carbons (Fsp3) is 0.667. The SMILES string of the molecule is CCNC(=NCc1ccc(CN2CCCC2)cc1)NC1CCC(O)CC1. The van der Waals surface area contributed by atoms with Crippen LogP contribution in [0.1, 0.15) is 56.6 Å². The van der Waals surface area contributed by atoms with Crippen LogP contribution in [0.4, 0.5) is 0 Å². The number of guanidine groups is 1. The van der Waals surface area contributed by atoms with Crippen molar-refractivity contribution in [3.8, 4) is 0 Å². The van der Waals surface area contributed by atoms with Gasteiger partial charge in [0.1, 0.15) is 0 Å². The number of hydrogen-bond acceptors (Lipinski definition) is 3.